The fraction of sp³-hybridized carbons (Fsp3) is 0.615. The molecule has 0 aromatic carbocycles. The number of hydrazone groups is 1. The summed E-state index contributed by atoms with van der Waals surface area (Å²) in [6.45, 7) is 5.06. The topological polar surface area (TPSA) is 70.7 Å². The normalized spacial score (nSPS) is 22.7. The maximum absolute atomic E-state index is 13.1. The zero-order valence-electron chi connectivity index (χ0n) is 12.7. The van der Waals surface area contributed by atoms with Gasteiger partial charge in [0.05, 0.1) is 15.9 Å². The molecule has 0 saturated carbocycles. The molecule has 0 spiro atoms. The van der Waals surface area contributed by atoms with E-state index in [0.29, 0.717) is 15.9 Å². The van der Waals surface area contributed by atoms with E-state index in [4.69, 9.17) is 0 Å². The van der Waals surface area contributed by atoms with Gasteiger partial charge in [-0.15, -0.1) is 0 Å². The first kappa shape index (κ1) is 17.9. The third-order valence-corrected chi connectivity index (χ3v) is 4.94. The Balaban J connectivity index is 2.41. The second-order valence-electron chi connectivity index (χ2n) is 5.32. The minimum Gasteiger partial charge on any atom is -0.362 e. The molecule has 1 amide bonds. The first-order valence-electron chi connectivity index (χ1n) is 6.91. The Morgan fingerprint density at radius 2 is 2.13 bits per heavy atom. The lowest BCUT2D eigenvalue weighted by atomic mass is 10.1. The summed E-state index contributed by atoms with van der Waals surface area (Å²) in [4.78, 5) is 12.6. The molecule has 0 aliphatic carbocycles. The number of aryl methyl sites for hydroxylation is 1. The molecule has 0 saturated heterocycles. The summed E-state index contributed by atoms with van der Waals surface area (Å²) >= 11 is 3.32. The molecule has 6 nitrogen and oxygen atoms in total. The van der Waals surface area contributed by atoms with Crippen molar-refractivity contribution in [2.75, 3.05) is 0 Å². The lowest BCUT2D eigenvalue weighted by Crippen LogP contribution is -2.57. The van der Waals surface area contributed by atoms with Crippen LogP contribution in [-0.4, -0.2) is 43.9 Å². The van der Waals surface area contributed by atoms with Crippen molar-refractivity contribution in [1.29, 1.82) is 0 Å². The minimum absolute atomic E-state index is 0.117. The van der Waals surface area contributed by atoms with Gasteiger partial charge in [0.15, 0.2) is 0 Å². The van der Waals surface area contributed by atoms with Crippen LogP contribution in [0.15, 0.2) is 9.57 Å². The van der Waals surface area contributed by atoms with Crippen molar-refractivity contribution < 1.29 is 23.1 Å². The number of hydrogen-bond donors (Lipinski definition) is 1. The Bertz CT molecular complexity index is 658. The molecule has 2 heterocycles. The lowest BCUT2D eigenvalue weighted by Gasteiger charge is -2.34. The van der Waals surface area contributed by atoms with Gasteiger partial charge in [0.2, 0.25) is 0 Å². The maximum Gasteiger partial charge on any atom is 0.438 e. The number of aliphatic hydroxyl groups is 1. The third kappa shape index (κ3) is 2.78. The van der Waals surface area contributed by atoms with Crippen LogP contribution < -0.4 is 0 Å². The SMILES string of the molecule is CC[C@H](C(=O)N1N=CC[C@]1(O)C(F)(F)F)n1nc(C)c(Br)c1C. The van der Waals surface area contributed by atoms with E-state index in [1.807, 2.05) is 0 Å². The average molecular weight is 397 g/mol. The highest BCUT2D eigenvalue weighted by Gasteiger charge is 2.62. The average Bonchev–Trinajstić information content (AvgIpc) is 2.97. The highest BCUT2D eigenvalue weighted by molar-refractivity contribution is 9.10. The van der Waals surface area contributed by atoms with E-state index < -0.39 is 30.3 Å². The van der Waals surface area contributed by atoms with Gasteiger partial charge in [0.25, 0.3) is 11.6 Å². The van der Waals surface area contributed by atoms with E-state index in [0.717, 1.165) is 6.21 Å². The molecule has 1 aromatic heterocycles. The molecule has 1 aromatic rings. The molecule has 10 heteroatoms. The molecule has 2 rings (SSSR count). The molecule has 23 heavy (non-hydrogen) atoms. The number of alkyl halides is 3. The van der Waals surface area contributed by atoms with Crippen LogP contribution in [0, 0.1) is 13.8 Å². The smallest absolute Gasteiger partial charge is 0.362 e. The second-order valence-corrected chi connectivity index (χ2v) is 6.11. The van der Waals surface area contributed by atoms with Crippen LogP contribution in [0.4, 0.5) is 13.2 Å². The first-order valence-corrected chi connectivity index (χ1v) is 7.70. The summed E-state index contributed by atoms with van der Waals surface area (Å²) < 4.78 is 41.4. The number of aromatic nitrogens is 2. The molecule has 1 N–H and O–H groups in total. The highest BCUT2D eigenvalue weighted by Crippen LogP contribution is 2.40. The van der Waals surface area contributed by atoms with Crippen molar-refractivity contribution >= 4 is 28.1 Å². The summed E-state index contributed by atoms with van der Waals surface area (Å²) in [5.41, 5.74) is -2.09. The quantitative estimate of drug-likeness (QED) is 0.853. The number of carbonyl (C=O) groups excluding carboxylic acids is 1. The van der Waals surface area contributed by atoms with Crippen LogP contribution in [0.2, 0.25) is 0 Å². The molecule has 0 bridgehead atoms. The maximum atomic E-state index is 13.1. The van der Waals surface area contributed by atoms with E-state index in [1.54, 1.807) is 20.8 Å². The number of nitrogens with zero attached hydrogens (tertiary/aromatic N) is 4. The van der Waals surface area contributed by atoms with Gasteiger partial charge in [-0.25, -0.2) is 0 Å². The van der Waals surface area contributed by atoms with Gasteiger partial charge in [-0.1, -0.05) is 6.92 Å². The molecule has 2 atom stereocenters. The van der Waals surface area contributed by atoms with Gasteiger partial charge in [0.1, 0.15) is 6.04 Å². The number of amides is 1. The van der Waals surface area contributed by atoms with Crippen molar-refractivity contribution in [1.82, 2.24) is 14.8 Å². The fourth-order valence-electron chi connectivity index (χ4n) is 2.45. The summed E-state index contributed by atoms with van der Waals surface area (Å²) in [6, 6.07) is -0.996. The van der Waals surface area contributed by atoms with E-state index in [9.17, 15) is 23.1 Å². The van der Waals surface area contributed by atoms with E-state index in [2.05, 4.69) is 26.1 Å². The number of rotatable bonds is 3. The molecular weight excluding hydrogens is 381 g/mol. The number of halogens is 4. The van der Waals surface area contributed by atoms with Gasteiger partial charge in [-0.3, -0.25) is 9.48 Å². The first-order chi connectivity index (χ1) is 10.5. The Morgan fingerprint density at radius 1 is 1.52 bits per heavy atom. The molecule has 0 unspecified atom stereocenters. The number of hydrogen-bond acceptors (Lipinski definition) is 4. The van der Waals surface area contributed by atoms with Gasteiger partial charge < -0.3 is 5.11 Å². The predicted molar refractivity (Wildman–Crippen MR) is 79.7 cm³/mol. The Hall–Kier alpha value is -1.42. The van der Waals surface area contributed by atoms with Crippen molar-refractivity contribution in [2.24, 2.45) is 5.10 Å². The van der Waals surface area contributed by atoms with Gasteiger partial charge >= 0.3 is 6.18 Å². The minimum atomic E-state index is -5.01. The van der Waals surface area contributed by atoms with E-state index in [-0.39, 0.29) is 11.4 Å². The molecule has 0 fully saturated rings. The predicted octanol–water partition coefficient (Wildman–Crippen LogP) is 2.68. The van der Waals surface area contributed by atoms with Gasteiger partial charge in [-0.2, -0.15) is 28.4 Å². The zero-order valence-corrected chi connectivity index (χ0v) is 14.3. The third-order valence-electron chi connectivity index (χ3n) is 3.79. The van der Waals surface area contributed by atoms with E-state index in [1.165, 1.54) is 4.68 Å². The molecular formula is C13H16BrF3N4O2. The van der Waals surface area contributed by atoms with E-state index >= 15 is 0 Å². The summed E-state index contributed by atoms with van der Waals surface area (Å²) in [5, 5.41) is 17.6. The Kier molecular flexibility index (Phi) is 4.60. The Labute approximate surface area is 139 Å². The second kappa shape index (κ2) is 5.90. The standard InChI is InChI=1S/C13H16BrF3N4O2/c1-4-9(20-8(3)10(14)7(2)19-20)11(22)21-12(23,5-6-18-21)13(15,16)17/h6,9,23H,4-5H2,1-3H3/t9-,12+/m1/s1. The summed E-state index contributed by atoms with van der Waals surface area (Å²) in [6.07, 6.45) is -4.71. The van der Waals surface area contributed by atoms with Gasteiger partial charge in [-0.05, 0) is 36.2 Å². The summed E-state index contributed by atoms with van der Waals surface area (Å²) in [5.74, 6) is -0.959. The summed E-state index contributed by atoms with van der Waals surface area (Å²) in [7, 11) is 0. The lowest BCUT2D eigenvalue weighted by molar-refractivity contribution is -0.303. The number of carbonyl (C=O) groups is 1. The largest absolute Gasteiger partial charge is 0.438 e. The van der Waals surface area contributed by atoms with Crippen LogP contribution >= 0.6 is 15.9 Å². The van der Waals surface area contributed by atoms with Crippen LogP contribution in [0.25, 0.3) is 0 Å². The van der Waals surface area contributed by atoms with Crippen molar-refractivity contribution in [3.63, 3.8) is 0 Å². The monoisotopic (exact) mass is 396 g/mol. The molecule has 0 radical (unpaired) electrons. The van der Waals surface area contributed by atoms with Crippen LogP contribution in [0.5, 0.6) is 0 Å². The molecule has 1 aliphatic heterocycles. The van der Waals surface area contributed by atoms with Crippen molar-refractivity contribution in [2.45, 2.75) is 51.6 Å². The van der Waals surface area contributed by atoms with Gasteiger partial charge in [0, 0.05) is 12.6 Å². The van der Waals surface area contributed by atoms with Crippen molar-refractivity contribution in [3.8, 4) is 0 Å². The van der Waals surface area contributed by atoms with Crippen molar-refractivity contribution in [3.05, 3.63) is 15.9 Å². The molecule has 1 aliphatic rings. The van der Waals surface area contributed by atoms with Crippen LogP contribution in [-0.2, 0) is 4.79 Å². The van der Waals surface area contributed by atoms with Crippen LogP contribution in [0.1, 0.15) is 37.2 Å². The molecule has 128 valence electrons. The van der Waals surface area contributed by atoms with Crippen LogP contribution in [0.3, 0.4) is 0 Å². The Morgan fingerprint density at radius 3 is 2.57 bits per heavy atom. The fourth-order valence-corrected chi connectivity index (χ4v) is 2.71. The highest BCUT2D eigenvalue weighted by atomic mass is 79.9. The zero-order chi connectivity index (χ0) is 17.6.